The molecule has 228 valence electrons. The number of nitrogens with zero attached hydrogens (tertiary/aromatic N) is 7. The van der Waals surface area contributed by atoms with Crippen LogP contribution < -0.4 is 10.2 Å². The van der Waals surface area contributed by atoms with Crippen LogP contribution >= 0.6 is 11.6 Å². The van der Waals surface area contributed by atoms with Crippen LogP contribution in [0.1, 0.15) is 71.8 Å². The van der Waals surface area contributed by atoms with Crippen molar-refractivity contribution in [1.29, 1.82) is 0 Å². The molecule has 1 aromatic carbocycles. The van der Waals surface area contributed by atoms with Gasteiger partial charge in [-0.1, -0.05) is 17.7 Å². The van der Waals surface area contributed by atoms with Gasteiger partial charge in [0, 0.05) is 29.8 Å². The van der Waals surface area contributed by atoms with E-state index in [1.165, 1.54) is 19.3 Å². The fourth-order valence-electron chi connectivity index (χ4n) is 5.38. The first-order valence-electron chi connectivity index (χ1n) is 13.8. The third-order valence-corrected chi connectivity index (χ3v) is 8.16. The lowest BCUT2D eigenvalue weighted by atomic mass is 10.0. The highest BCUT2D eigenvalue weighted by Crippen LogP contribution is 2.47. The van der Waals surface area contributed by atoms with Crippen LogP contribution in [-0.4, -0.2) is 53.4 Å². The number of carbonyl (C=O) groups is 2. The van der Waals surface area contributed by atoms with E-state index in [0.29, 0.717) is 24.0 Å². The Kier molecular flexibility index (Phi) is 7.58. The highest BCUT2D eigenvalue weighted by atomic mass is 35.5. The van der Waals surface area contributed by atoms with E-state index in [4.69, 9.17) is 11.6 Å². The number of halogens is 4. The summed E-state index contributed by atoms with van der Waals surface area (Å²) in [4.78, 5) is 35.6. The maximum Gasteiger partial charge on any atom is 0.276 e. The van der Waals surface area contributed by atoms with Crippen LogP contribution in [0.15, 0.2) is 36.8 Å². The zero-order chi connectivity index (χ0) is 31.4. The second-order valence-electron chi connectivity index (χ2n) is 11.0. The van der Waals surface area contributed by atoms with Gasteiger partial charge in [-0.15, -0.1) is 5.10 Å². The Bertz CT molecular complexity index is 1800. The number of carbonyl (C=O) groups excluding carboxylic acids is 2. The Morgan fingerprint density at radius 3 is 2.64 bits per heavy atom. The molecule has 15 heteroatoms. The monoisotopic (exact) mass is 626 g/mol. The summed E-state index contributed by atoms with van der Waals surface area (Å²) in [6.07, 6.45) is 0.533. The molecule has 1 aliphatic heterocycles. The van der Waals surface area contributed by atoms with Gasteiger partial charge in [-0.05, 0) is 50.8 Å². The first-order chi connectivity index (χ1) is 20.9. The number of rotatable bonds is 8. The minimum atomic E-state index is -3.06. The molecule has 2 N–H and O–H groups in total. The zero-order valence-corrected chi connectivity index (χ0v) is 24.4. The third-order valence-electron chi connectivity index (χ3n) is 7.87. The van der Waals surface area contributed by atoms with Crippen molar-refractivity contribution in [3.05, 3.63) is 75.8 Å². The number of aryl methyl sites for hydroxylation is 1. The van der Waals surface area contributed by atoms with Gasteiger partial charge in [0.1, 0.15) is 0 Å². The maximum atomic E-state index is 14.9. The SMILES string of the molecule is Cc1cc([C@H](C)n2cc(NC(=O)c3nc(-c4c(C(F)F)ccc(Cl)c4F)cnc3[C@@H](C)O)cn2)nnc1N1C[C@H]2C[C@H]2C1=O. The number of benzene rings is 1. The van der Waals surface area contributed by atoms with Crippen molar-refractivity contribution < 1.29 is 27.9 Å². The standard InChI is InChI=1S/C29H26ClF3N8O3/c1-12-6-20(38-39-27(12)40-10-15-7-18(15)29(40)44)13(2)41-11-16(8-35-41)36-28(43)25-24(14(3)42)34-9-21(37-25)22-17(26(32)33)4-5-19(30)23(22)31/h4-6,8-9,11,13-15,18,26,42H,7,10H2,1-3H3,(H,36,43)/t13-,14+,15+,18+/m0/s1. The first-order valence-corrected chi connectivity index (χ1v) is 14.1. The molecule has 0 spiro atoms. The predicted octanol–water partition coefficient (Wildman–Crippen LogP) is 5.07. The topological polar surface area (TPSA) is 139 Å². The van der Waals surface area contributed by atoms with Crippen molar-refractivity contribution in [3.63, 3.8) is 0 Å². The van der Waals surface area contributed by atoms with E-state index in [2.05, 4.69) is 30.6 Å². The summed E-state index contributed by atoms with van der Waals surface area (Å²) < 4.78 is 43.9. The number of hydrogen-bond acceptors (Lipinski definition) is 8. The van der Waals surface area contributed by atoms with Crippen molar-refractivity contribution in [2.24, 2.45) is 11.8 Å². The third kappa shape index (κ3) is 5.28. The normalized spacial score (nSPS) is 18.8. The Morgan fingerprint density at radius 1 is 1.20 bits per heavy atom. The zero-order valence-electron chi connectivity index (χ0n) is 23.7. The molecule has 2 aliphatic rings. The minimum absolute atomic E-state index is 0.0850. The van der Waals surface area contributed by atoms with Crippen LogP contribution in [0, 0.1) is 24.6 Å². The molecule has 4 atom stereocenters. The lowest BCUT2D eigenvalue weighted by molar-refractivity contribution is -0.118. The van der Waals surface area contributed by atoms with E-state index >= 15 is 0 Å². The van der Waals surface area contributed by atoms with Crippen LogP contribution in [0.2, 0.25) is 5.02 Å². The molecule has 4 heterocycles. The van der Waals surface area contributed by atoms with Crippen LogP contribution in [0.3, 0.4) is 0 Å². The number of nitrogens with one attached hydrogen (secondary N) is 1. The number of hydrogen-bond donors (Lipinski definition) is 2. The van der Waals surface area contributed by atoms with Crippen molar-refractivity contribution in [3.8, 4) is 11.3 Å². The van der Waals surface area contributed by atoms with Crippen molar-refractivity contribution in [2.45, 2.75) is 45.8 Å². The average Bonchev–Trinajstić information content (AvgIpc) is 3.49. The molecule has 6 rings (SSSR count). The summed E-state index contributed by atoms with van der Waals surface area (Å²) in [5.41, 5.74) is -0.550. The molecule has 1 aliphatic carbocycles. The van der Waals surface area contributed by atoms with Gasteiger partial charge in [0.25, 0.3) is 12.3 Å². The van der Waals surface area contributed by atoms with E-state index in [1.807, 2.05) is 19.9 Å². The molecule has 0 unspecified atom stereocenters. The quantitative estimate of drug-likeness (QED) is 0.277. The summed E-state index contributed by atoms with van der Waals surface area (Å²) in [6, 6.07) is 3.41. The van der Waals surface area contributed by atoms with Gasteiger partial charge >= 0.3 is 0 Å². The van der Waals surface area contributed by atoms with E-state index < -0.39 is 52.1 Å². The molecular weight excluding hydrogens is 601 g/mol. The number of aliphatic hydroxyl groups is 1. The van der Waals surface area contributed by atoms with E-state index in [-0.39, 0.29) is 28.9 Å². The Labute approximate surface area is 254 Å². The van der Waals surface area contributed by atoms with Gasteiger partial charge in [0.2, 0.25) is 5.91 Å². The predicted molar refractivity (Wildman–Crippen MR) is 153 cm³/mol. The van der Waals surface area contributed by atoms with Crippen molar-refractivity contribution in [1.82, 2.24) is 29.9 Å². The highest BCUT2D eigenvalue weighted by molar-refractivity contribution is 6.31. The van der Waals surface area contributed by atoms with E-state index in [0.717, 1.165) is 30.3 Å². The van der Waals surface area contributed by atoms with Gasteiger partial charge in [-0.3, -0.25) is 24.2 Å². The van der Waals surface area contributed by atoms with Crippen LogP contribution in [-0.2, 0) is 4.79 Å². The van der Waals surface area contributed by atoms with E-state index in [9.17, 15) is 27.9 Å². The molecule has 2 fully saturated rings. The largest absolute Gasteiger partial charge is 0.387 e. The lowest BCUT2D eigenvalue weighted by Crippen LogP contribution is -2.30. The Hall–Kier alpha value is -4.43. The summed E-state index contributed by atoms with van der Waals surface area (Å²) in [7, 11) is 0. The van der Waals surface area contributed by atoms with Gasteiger partial charge in [-0.25, -0.2) is 18.2 Å². The Morgan fingerprint density at radius 2 is 1.98 bits per heavy atom. The fraction of sp³-hybridized carbons (Fsp3) is 0.345. The van der Waals surface area contributed by atoms with E-state index in [1.54, 1.807) is 9.58 Å². The fourth-order valence-corrected chi connectivity index (χ4v) is 5.53. The number of aromatic nitrogens is 6. The van der Waals surface area contributed by atoms with Gasteiger partial charge in [0.05, 0.1) is 52.3 Å². The molecule has 44 heavy (non-hydrogen) atoms. The number of piperidine rings is 1. The number of alkyl halides is 2. The molecule has 0 bridgehead atoms. The summed E-state index contributed by atoms with van der Waals surface area (Å²) in [5.74, 6) is -0.843. The maximum absolute atomic E-state index is 14.9. The molecule has 0 radical (unpaired) electrons. The molecule has 3 aromatic heterocycles. The van der Waals surface area contributed by atoms with Crippen molar-refractivity contribution >= 4 is 34.9 Å². The minimum Gasteiger partial charge on any atom is -0.387 e. The van der Waals surface area contributed by atoms with Gasteiger partial charge in [0.15, 0.2) is 17.3 Å². The van der Waals surface area contributed by atoms with Crippen molar-refractivity contribution in [2.75, 3.05) is 16.8 Å². The molecule has 2 amide bonds. The first kappa shape index (κ1) is 29.6. The molecular formula is C29H26ClF3N8O3. The van der Waals surface area contributed by atoms with Crippen LogP contribution in [0.4, 0.5) is 24.7 Å². The van der Waals surface area contributed by atoms with Crippen LogP contribution in [0.25, 0.3) is 11.3 Å². The summed E-state index contributed by atoms with van der Waals surface area (Å²) in [6.45, 7) is 5.70. The molecule has 4 aromatic rings. The number of fused-ring (bicyclic) bond motifs is 1. The van der Waals surface area contributed by atoms with Gasteiger partial charge < -0.3 is 10.4 Å². The second-order valence-corrected chi connectivity index (χ2v) is 11.4. The van der Waals surface area contributed by atoms with Gasteiger partial charge in [-0.2, -0.15) is 10.2 Å². The average molecular weight is 627 g/mol. The molecule has 1 saturated carbocycles. The lowest BCUT2D eigenvalue weighted by Gasteiger charge is -2.20. The highest BCUT2D eigenvalue weighted by Gasteiger charge is 2.53. The number of aliphatic hydroxyl groups excluding tert-OH is 1. The smallest absolute Gasteiger partial charge is 0.276 e. The summed E-state index contributed by atoms with van der Waals surface area (Å²) in [5, 5.41) is 25.4. The summed E-state index contributed by atoms with van der Waals surface area (Å²) >= 11 is 5.84. The number of anilines is 2. The molecule has 1 saturated heterocycles. The Balaban J connectivity index is 1.24. The molecule has 11 nitrogen and oxygen atoms in total. The second kappa shape index (κ2) is 11.2. The number of amides is 2. The van der Waals surface area contributed by atoms with Crippen LogP contribution in [0.5, 0.6) is 0 Å².